The van der Waals surface area contributed by atoms with Crippen LogP contribution in [-0.2, 0) is 6.42 Å². The predicted octanol–water partition coefficient (Wildman–Crippen LogP) is 4.64. The van der Waals surface area contributed by atoms with Crippen molar-refractivity contribution in [2.45, 2.75) is 6.42 Å². The average molecular weight is 456 g/mol. The summed E-state index contributed by atoms with van der Waals surface area (Å²) < 4.78 is 15.5. The van der Waals surface area contributed by atoms with Crippen molar-refractivity contribution < 1.29 is 14.1 Å². The number of fused-ring (bicyclic) bond motifs is 1. The van der Waals surface area contributed by atoms with Gasteiger partial charge in [-0.15, -0.1) is 0 Å². The number of nitrogens with zero attached hydrogens (tertiary/aromatic N) is 4. The standard InChI is InChI=1S/C24H17FN6O3/c25-18-4-2-1-3-15(18)12-23-28-19-7-6-17(13-20(19)29-23)27-24(32)16-5-8-21(22(11-16)31(33)34)30-10-9-26-14-30/h1-11,13-14H,12H2,(H,27,32)(H,28,29). The second kappa shape index (κ2) is 8.58. The molecule has 0 atom stereocenters. The van der Waals surface area contributed by atoms with Crippen LogP contribution in [0.5, 0.6) is 0 Å². The summed E-state index contributed by atoms with van der Waals surface area (Å²) in [6.45, 7) is 0. The van der Waals surface area contributed by atoms with Gasteiger partial charge in [-0.25, -0.2) is 14.4 Å². The van der Waals surface area contributed by atoms with Crippen LogP contribution in [0.4, 0.5) is 15.8 Å². The van der Waals surface area contributed by atoms with Gasteiger partial charge in [-0.1, -0.05) is 18.2 Å². The number of nitrogens with one attached hydrogen (secondary N) is 2. The van der Waals surface area contributed by atoms with Crippen LogP contribution in [0.15, 0.2) is 79.4 Å². The van der Waals surface area contributed by atoms with Crippen LogP contribution in [0, 0.1) is 15.9 Å². The van der Waals surface area contributed by atoms with Gasteiger partial charge in [0.25, 0.3) is 11.6 Å². The largest absolute Gasteiger partial charge is 0.342 e. The molecule has 0 saturated carbocycles. The van der Waals surface area contributed by atoms with Crippen LogP contribution >= 0.6 is 0 Å². The molecule has 5 rings (SSSR count). The SMILES string of the molecule is O=C(Nc1ccc2nc(Cc3ccccc3F)[nH]c2c1)c1ccc(-n2ccnc2)c([N+](=O)[O-])c1. The number of carbonyl (C=O) groups is 1. The van der Waals surface area contributed by atoms with Gasteiger partial charge >= 0.3 is 0 Å². The number of H-pyrrole nitrogens is 1. The highest BCUT2D eigenvalue weighted by Crippen LogP contribution is 2.25. The van der Waals surface area contributed by atoms with Gasteiger partial charge in [0.1, 0.15) is 17.3 Å². The maximum atomic E-state index is 13.9. The number of nitro benzene ring substituents is 1. The normalized spacial score (nSPS) is 11.0. The Labute approximate surface area is 192 Å². The van der Waals surface area contributed by atoms with Crippen molar-refractivity contribution in [3.63, 3.8) is 0 Å². The van der Waals surface area contributed by atoms with Crippen LogP contribution in [0.3, 0.4) is 0 Å². The monoisotopic (exact) mass is 456 g/mol. The van der Waals surface area contributed by atoms with E-state index in [-0.39, 0.29) is 17.1 Å². The Morgan fingerprint density at radius 3 is 2.76 bits per heavy atom. The van der Waals surface area contributed by atoms with E-state index < -0.39 is 10.8 Å². The second-order valence-corrected chi connectivity index (χ2v) is 7.57. The molecule has 0 unspecified atom stereocenters. The molecule has 5 aromatic rings. The van der Waals surface area contributed by atoms with Crippen molar-refractivity contribution in [3.8, 4) is 5.69 Å². The van der Waals surface area contributed by atoms with Gasteiger partial charge in [0, 0.05) is 36.1 Å². The molecule has 10 heteroatoms. The molecule has 3 aromatic carbocycles. The average Bonchev–Trinajstić information content (AvgIpc) is 3.50. The third-order valence-corrected chi connectivity index (χ3v) is 5.32. The van der Waals surface area contributed by atoms with Crippen LogP contribution in [0.2, 0.25) is 0 Å². The van der Waals surface area contributed by atoms with Gasteiger partial charge in [0.05, 0.1) is 22.3 Å². The molecule has 2 heterocycles. The van der Waals surface area contributed by atoms with E-state index >= 15 is 0 Å². The molecule has 2 N–H and O–H groups in total. The van der Waals surface area contributed by atoms with Crippen LogP contribution in [0.25, 0.3) is 16.7 Å². The molecule has 1 amide bonds. The van der Waals surface area contributed by atoms with E-state index in [4.69, 9.17) is 0 Å². The Morgan fingerprint density at radius 1 is 1.15 bits per heavy atom. The number of rotatable bonds is 6. The lowest BCUT2D eigenvalue weighted by Crippen LogP contribution is -2.12. The molecule has 9 nitrogen and oxygen atoms in total. The molecule has 168 valence electrons. The van der Waals surface area contributed by atoms with Crippen molar-refractivity contribution in [1.29, 1.82) is 0 Å². The van der Waals surface area contributed by atoms with Gasteiger partial charge in [0.2, 0.25) is 0 Å². The zero-order valence-electron chi connectivity index (χ0n) is 17.6. The Kier molecular flexibility index (Phi) is 5.30. The zero-order valence-corrected chi connectivity index (χ0v) is 17.6. The molecule has 34 heavy (non-hydrogen) atoms. The first-order chi connectivity index (χ1) is 16.5. The fourth-order valence-corrected chi connectivity index (χ4v) is 3.68. The first kappa shape index (κ1) is 21.0. The van der Waals surface area contributed by atoms with E-state index in [1.54, 1.807) is 42.6 Å². The number of amides is 1. The number of hydrogen-bond donors (Lipinski definition) is 2. The molecule has 0 spiro atoms. The third kappa shape index (κ3) is 4.11. The van der Waals surface area contributed by atoms with Gasteiger partial charge in [-0.3, -0.25) is 14.9 Å². The van der Waals surface area contributed by atoms with Crippen LogP contribution in [0.1, 0.15) is 21.7 Å². The fourth-order valence-electron chi connectivity index (χ4n) is 3.68. The topological polar surface area (TPSA) is 119 Å². The maximum absolute atomic E-state index is 13.9. The van der Waals surface area contributed by atoms with E-state index in [0.717, 1.165) is 0 Å². The molecule has 0 fully saturated rings. The Hall–Kier alpha value is -4.86. The molecule has 0 radical (unpaired) electrons. The highest BCUT2D eigenvalue weighted by atomic mass is 19.1. The van der Waals surface area contributed by atoms with Gasteiger partial charge in [0.15, 0.2) is 0 Å². The molecular formula is C24H17FN6O3. The van der Waals surface area contributed by atoms with Crippen molar-refractivity contribution >= 4 is 28.3 Å². The lowest BCUT2D eigenvalue weighted by atomic mass is 10.1. The number of aromatic nitrogens is 4. The van der Waals surface area contributed by atoms with E-state index in [0.29, 0.717) is 40.2 Å². The summed E-state index contributed by atoms with van der Waals surface area (Å²) in [5.41, 5.74) is 2.58. The summed E-state index contributed by atoms with van der Waals surface area (Å²) in [6, 6.07) is 15.9. The minimum Gasteiger partial charge on any atom is -0.342 e. The molecule has 2 aromatic heterocycles. The number of nitro groups is 1. The number of anilines is 1. The quantitative estimate of drug-likeness (QED) is 0.285. The van der Waals surface area contributed by atoms with Crippen molar-refractivity contribution in [2.24, 2.45) is 0 Å². The van der Waals surface area contributed by atoms with Crippen LogP contribution in [-0.4, -0.2) is 30.3 Å². The summed E-state index contributed by atoms with van der Waals surface area (Å²) in [5.74, 6) is -0.205. The van der Waals surface area contributed by atoms with E-state index in [1.165, 1.54) is 41.4 Å². The van der Waals surface area contributed by atoms with Crippen molar-refractivity contribution in [1.82, 2.24) is 19.5 Å². The van der Waals surface area contributed by atoms with E-state index in [9.17, 15) is 19.3 Å². The highest BCUT2D eigenvalue weighted by molar-refractivity contribution is 6.05. The number of halogens is 1. The first-order valence-electron chi connectivity index (χ1n) is 10.3. The molecular weight excluding hydrogens is 439 g/mol. The van der Waals surface area contributed by atoms with E-state index in [2.05, 4.69) is 20.3 Å². The summed E-state index contributed by atoms with van der Waals surface area (Å²) in [4.78, 5) is 35.3. The minimum atomic E-state index is -0.542. The number of benzene rings is 3. The zero-order chi connectivity index (χ0) is 23.7. The van der Waals surface area contributed by atoms with Crippen molar-refractivity contribution in [3.05, 3.63) is 112 Å². The lowest BCUT2D eigenvalue weighted by Gasteiger charge is -2.08. The number of imidazole rings is 2. The molecule has 0 saturated heterocycles. The van der Waals surface area contributed by atoms with Gasteiger partial charge in [-0.05, 0) is 42.0 Å². The summed E-state index contributed by atoms with van der Waals surface area (Å²) in [5, 5.41) is 14.3. The number of aromatic amines is 1. The molecule has 0 aliphatic rings. The third-order valence-electron chi connectivity index (χ3n) is 5.32. The maximum Gasteiger partial charge on any atom is 0.294 e. The second-order valence-electron chi connectivity index (χ2n) is 7.57. The minimum absolute atomic E-state index is 0.139. The molecule has 0 aliphatic heterocycles. The molecule has 0 aliphatic carbocycles. The van der Waals surface area contributed by atoms with Gasteiger partial charge < -0.3 is 14.9 Å². The van der Waals surface area contributed by atoms with Crippen molar-refractivity contribution in [2.75, 3.05) is 5.32 Å². The fraction of sp³-hybridized carbons (Fsp3) is 0.0417. The Balaban J connectivity index is 1.37. The lowest BCUT2D eigenvalue weighted by molar-refractivity contribution is -0.384. The predicted molar refractivity (Wildman–Crippen MR) is 123 cm³/mol. The number of hydrogen-bond acceptors (Lipinski definition) is 5. The number of carbonyl (C=O) groups excluding carboxylic acids is 1. The van der Waals surface area contributed by atoms with Gasteiger partial charge in [-0.2, -0.15) is 0 Å². The first-order valence-corrected chi connectivity index (χ1v) is 10.3. The Morgan fingerprint density at radius 2 is 2.00 bits per heavy atom. The summed E-state index contributed by atoms with van der Waals surface area (Å²) in [6.07, 6.45) is 4.85. The summed E-state index contributed by atoms with van der Waals surface area (Å²) in [7, 11) is 0. The van der Waals surface area contributed by atoms with Crippen LogP contribution < -0.4 is 5.32 Å². The molecule has 0 bridgehead atoms. The summed E-state index contributed by atoms with van der Waals surface area (Å²) >= 11 is 0. The smallest absolute Gasteiger partial charge is 0.294 e. The van der Waals surface area contributed by atoms with E-state index in [1.807, 2.05) is 0 Å². The Bertz CT molecular complexity index is 1530. The highest BCUT2D eigenvalue weighted by Gasteiger charge is 2.19.